The molecule has 150 valence electrons. The standard InChI is InChI=1S/C25H21NO3S/c1-16-14-15-20(18-9-3-2-8-17(16)18)26-21-11-5-7-13-23(21)30(27,28)24-19-10-4-6-12-22(19)29-25(24)26/h4-7,10-15H,2-3,8-9H2,1H3. The maximum absolute atomic E-state index is 13.6. The van der Waals surface area contributed by atoms with E-state index >= 15 is 0 Å². The highest BCUT2D eigenvalue weighted by Crippen LogP contribution is 2.53. The quantitative estimate of drug-likeness (QED) is 0.325. The smallest absolute Gasteiger partial charge is 0.225 e. The van der Waals surface area contributed by atoms with Crippen LogP contribution in [0.3, 0.4) is 0 Å². The molecule has 3 aromatic carbocycles. The van der Waals surface area contributed by atoms with Crippen molar-refractivity contribution in [2.75, 3.05) is 4.90 Å². The first-order valence-corrected chi connectivity index (χ1v) is 11.8. The van der Waals surface area contributed by atoms with Gasteiger partial charge in [0.15, 0.2) is 0 Å². The fourth-order valence-electron chi connectivity index (χ4n) is 4.98. The van der Waals surface area contributed by atoms with E-state index in [4.69, 9.17) is 4.42 Å². The number of sulfone groups is 1. The Morgan fingerprint density at radius 1 is 0.833 bits per heavy atom. The molecule has 30 heavy (non-hydrogen) atoms. The van der Waals surface area contributed by atoms with E-state index in [1.807, 2.05) is 41.3 Å². The molecule has 2 heterocycles. The van der Waals surface area contributed by atoms with Crippen molar-refractivity contribution in [2.45, 2.75) is 42.4 Å². The molecule has 0 unspecified atom stereocenters. The summed E-state index contributed by atoms with van der Waals surface area (Å²) in [7, 11) is -3.69. The fourth-order valence-corrected chi connectivity index (χ4v) is 6.71. The van der Waals surface area contributed by atoms with Crippen LogP contribution in [0.1, 0.15) is 29.5 Å². The van der Waals surface area contributed by atoms with Crippen molar-refractivity contribution in [2.24, 2.45) is 0 Å². The van der Waals surface area contributed by atoms with Crippen LogP contribution in [0.5, 0.6) is 0 Å². The maximum atomic E-state index is 13.6. The summed E-state index contributed by atoms with van der Waals surface area (Å²) >= 11 is 0. The van der Waals surface area contributed by atoms with Crippen LogP contribution in [-0.2, 0) is 22.7 Å². The first kappa shape index (κ1) is 17.8. The predicted molar refractivity (Wildman–Crippen MR) is 118 cm³/mol. The maximum Gasteiger partial charge on any atom is 0.225 e. The number of hydrogen-bond acceptors (Lipinski definition) is 4. The van der Waals surface area contributed by atoms with Crippen molar-refractivity contribution < 1.29 is 12.8 Å². The largest absolute Gasteiger partial charge is 0.438 e. The van der Waals surface area contributed by atoms with Crippen LogP contribution >= 0.6 is 0 Å². The Kier molecular flexibility index (Phi) is 3.69. The molecule has 4 aromatic rings. The average molecular weight is 416 g/mol. The number of anilines is 3. The lowest BCUT2D eigenvalue weighted by Crippen LogP contribution is -2.23. The lowest BCUT2D eigenvalue weighted by Gasteiger charge is -2.33. The van der Waals surface area contributed by atoms with Gasteiger partial charge in [0, 0.05) is 5.39 Å². The zero-order valence-corrected chi connectivity index (χ0v) is 17.5. The van der Waals surface area contributed by atoms with Gasteiger partial charge in [0.1, 0.15) is 10.5 Å². The van der Waals surface area contributed by atoms with Gasteiger partial charge in [-0.3, -0.25) is 4.90 Å². The van der Waals surface area contributed by atoms with E-state index in [1.165, 1.54) is 23.1 Å². The highest BCUT2D eigenvalue weighted by Gasteiger charge is 2.40. The highest BCUT2D eigenvalue weighted by molar-refractivity contribution is 7.92. The molecule has 0 saturated heterocycles. The van der Waals surface area contributed by atoms with Crippen molar-refractivity contribution in [1.29, 1.82) is 0 Å². The Bertz CT molecular complexity index is 1430. The molecule has 0 fully saturated rings. The third-order valence-corrected chi connectivity index (χ3v) is 8.24. The molecule has 1 aromatic heterocycles. The minimum absolute atomic E-state index is 0.266. The van der Waals surface area contributed by atoms with Gasteiger partial charge in [-0.25, -0.2) is 8.42 Å². The number of nitrogens with zero attached hydrogens (tertiary/aromatic N) is 1. The van der Waals surface area contributed by atoms with Gasteiger partial charge in [-0.1, -0.05) is 30.3 Å². The van der Waals surface area contributed by atoms with E-state index in [0.29, 0.717) is 27.4 Å². The van der Waals surface area contributed by atoms with Crippen LogP contribution < -0.4 is 4.90 Å². The van der Waals surface area contributed by atoms with Crippen LogP contribution in [-0.4, -0.2) is 8.42 Å². The van der Waals surface area contributed by atoms with E-state index in [1.54, 1.807) is 12.1 Å². The van der Waals surface area contributed by atoms with E-state index in [-0.39, 0.29) is 4.90 Å². The molecule has 2 aliphatic rings. The Balaban J connectivity index is 1.74. The molecule has 1 aliphatic heterocycles. The molecule has 1 aliphatic carbocycles. The topological polar surface area (TPSA) is 50.5 Å². The molecule has 5 heteroatoms. The van der Waals surface area contributed by atoms with Crippen molar-refractivity contribution >= 4 is 38.1 Å². The number of hydrogen-bond donors (Lipinski definition) is 0. The molecule has 4 nitrogen and oxygen atoms in total. The summed E-state index contributed by atoms with van der Waals surface area (Å²) in [6.45, 7) is 2.16. The normalized spacial score (nSPS) is 16.8. The monoisotopic (exact) mass is 415 g/mol. The zero-order valence-electron chi connectivity index (χ0n) is 16.7. The predicted octanol–water partition coefficient (Wildman–Crippen LogP) is 6.24. The van der Waals surface area contributed by atoms with Gasteiger partial charge < -0.3 is 4.42 Å². The Labute approximate surface area is 175 Å². The van der Waals surface area contributed by atoms with Crippen molar-refractivity contribution in [3.05, 3.63) is 77.4 Å². The van der Waals surface area contributed by atoms with Crippen LogP contribution in [0.15, 0.2) is 74.9 Å². The minimum Gasteiger partial charge on any atom is -0.438 e. The van der Waals surface area contributed by atoms with Gasteiger partial charge >= 0.3 is 0 Å². The van der Waals surface area contributed by atoms with E-state index in [2.05, 4.69) is 19.1 Å². The number of rotatable bonds is 1. The van der Waals surface area contributed by atoms with Crippen molar-refractivity contribution in [3.8, 4) is 0 Å². The van der Waals surface area contributed by atoms with Gasteiger partial charge in [-0.15, -0.1) is 0 Å². The van der Waals surface area contributed by atoms with Gasteiger partial charge in [-0.05, 0) is 79.6 Å². The molecule has 0 atom stereocenters. The lowest BCUT2D eigenvalue weighted by molar-refractivity contribution is 0.580. The zero-order chi connectivity index (χ0) is 20.5. The minimum atomic E-state index is -3.69. The fraction of sp³-hybridized carbons (Fsp3) is 0.200. The molecular formula is C25H21NO3S. The second-order valence-corrected chi connectivity index (χ2v) is 9.96. The third-order valence-electron chi connectivity index (χ3n) is 6.39. The Morgan fingerprint density at radius 3 is 2.43 bits per heavy atom. The summed E-state index contributed by atoms with van der Waals surface area (Å²) in [4.78, 5) is 2.62. The molecule has 0 saturated carbocycles. The van der Waals surface area contributed by atoms with E-state index in [9.17, 15) is 8.42 Å². The molecule has 0 spiro atoms. The summed E-state index contributed by atoms with van der Waals surface area (Å²) in [5.41, 5.74) is 6.27. The highest BCUT2D eigenvalue weighted by atomic mass is 32.2. The van der Waals surface area contributed by atoms with Gasteiger partial charge in [0.2, 0.25) is 15.7 Å². The van der Waals surface area contributed by atoms with Crippen LogP contribution in [0.2, 0.25) is 0 Å². The SMILES string of the molecule is Cc1ccc(N2c3ccccc3S(=O)(=O)c3c2oc2ccccc32)c2c1CCCC2. The summed E-state index contributed by atoms with van der Waals surface area (Å²) < 4.78 is 33.4. The number of aryl methyl sites for hydroxylation is 1. The van der Waals surface area contributed by atoms with E-state index in [0.717, 1.165) is 24.9 Å². The summed E-state index contributed by atoms with van der Waals surface area (Å²) in [5.74, 6) is 0.395. The molecule has 0 bridgehead atoms. The first-order valence-electron chi connectivity index (χ1n) is 10.3. The third kappa shape index (κ3) is 2.30. The first-order chi connectivity index (χ1) is 14.6. The molecule has 0 amide bonds. The van der Waals surface area contributed by atoms with Gasteiger partial charge in [0.05, 0.1) is 16.3 Å². The number of fused-ring (bicyclic) bond motifs is 5. The van der Waals surface area contributed by atoms with E-state index < -0.39 is 9.84 Å². The Hall–Kier alpha value is -3.05. The summed E-state index contributed by atoms with van der Waals surface area (Å²) in [6, 6.07) is 18.9. The van der Waals surface area contributed by atoms with Crippen LogP contribution in [0.4, 0.5) is 17.3 Å². The second kappa shape index (κ2) is 6.22. The summed E-state index contributed by atoms with van der Waals surface area (Å²) in [6.07, 6.45) is 4.39. The number of benzene rings is 3. The number of furan rings is 1. The van der Waals surface area contributed by atoms with Crippen LogP contribution in [0, 0.1) is 6.92 Å². The molecule has 0 radical (unpaired) electrons. The molecule has 6 rings (SSSR count). The number of para-hydroxylation sites is 2. The van der Waals surface area contributed by atoms with Crippen molar-refractivity contribution in [1.82, 2.24) is 0 Å². The molecular weight excluding hydrogens is 394 g/mol. The average Bonchev–Trinajstić information content (AvgIpc) is 3.16. The van der Waals surface area contributed by atoms with Gasteiger partial charge in [0.25, 0.3) is 0 Å². The van der Waals surface area contributed by atoms with Gasteiger partial charge in [-0.2, -0.15) is 0 Å². The van der Waals surface area contributed by atoms with Crippen LogP contribution in [0.25, 0.3) is 11.0 Å². The Morgan fingerprint density at radius 2 is 1.57 bits per heavy atom. The second-order valence-electron chi connectivity index (χ2n) is 8.10. The molecule has 0 N–H and O–H groups in total. The van der Waals surface area contributed by atoms with Crippen molar-refractivity contribution in [3.63, 3.8) is 0 Å². The summed E-state index contributed by atoms with van der Waals surface area (Å²) in [5, 5.41) is 0.632. The lowest BCUT2D eigenvalue weighted by atomic mass is 9.87.